The van der Waals surface area contributed by atoms with Crippen LogP contribution in [0.5, 0.6) is 5.75 Å². The SMILES string of the molecule is COc1cc(N)ccc1-c1nnnn1CCC1CCCC1. The maximum absolute atomic E-state index is 5.80. The molecule has 0 bridgehead atoms. The van der Waals surface area contributed by atoms with Crippen molar-refractivity contribution in [3.8, 4) is 17.1 Å². The number of rotatable bonds is 5. The minimum Gasteiger partial charge on any atom is -0.496 e. The van der Waals surface area contributed by atoms with E-state index in [2.05, 4.69) is 15.5 Å². The highest BCUT2D eigenvalue weighted by molar-refractivity contribution is 5.67. The van der Waals surface area contributed by atoms with E-state index < -0.39 is 0 Å². The average molecular weight is 287 g/mol. The Labute approximate surface area is 124 Å². The van der Waals surface area contributed by atoms with Gasteiger partial charge in [-0.05, 0) is 34.9 Å². The molecule has 3 rings (SSSR count). The fraction of sp³-hybridized carbons (Fsp3) is 0.533. The molecule has 2 aromatic rings. The van der Waals surface area contributed by atoms with E-state index in [4.69, 9.17) is 10.5 Å². The Balaban J connectivity index is 1.81. The summed E-state index contributed by atoms with van der Waals surface area (Å²) in [6.45, 7) is 0.848. The molecule has 0 amide bonds. The molecule has 21 heavy (non-hydrogen) atoms. The van der Waals surface area contributed by atoms with Crippen LogP contribution in [0.3, 0.4) is 0 Å². The third kappa shape index (κ3) is 2.99. The third-order valence-electron chi connectivity index (χ3n) is 4.22. The second-order valence-corrected chi connectivity index (χ2v) is 5.62. The molecule has 112 valence electrons. The third-order valence-corrected chi connectivity index (χ3v) is 4.22. The number of benzene rings is 1. The summed E-state index contributed by atoms with van der Waals surface area (Å²) in [4.78, 5) is 0. The monoisotopic (exact) mass is 287 g/mol. The molecular weight excluding hydrogens is 266 g/mol. The van der Waals surface area contributed by atoms with E-state index in [1.807, 2.05) is 16.8 Å². The zero-order valence-electron chi connectivity index (χ0n) is 12.3. The van der Waals surface area contributed by atoms with Gasteiger partial charge in [0.1, 0.15) is 5.75 Å². The van der Waals surface area contributed by atoms with Crippen LogP contribution in [0.4, 0.5) is 5.69 Å². The summed E-state index contributed by atoms with van der Waals surface area (Å²) >= 11 is 0. The molecule has 1 saturated carbocycles. The van der Waals surface area contributed by atoms with Crippen molar-refractivity contribution in [3.05, 3.63) is 18.2 Å². The predicted molar refractivity (Wildman–Crippen MR) is 80.8 cm³/mol. The summed E-state index contributed by atoms with van der Waals surface area (Å²) in [7, 11) is 1.63. The molecule has 0 aliphatic heterocycles. The fourth-order valence-electron chi connectivity index (χ4n) is 3.04. The number of aryl methyl sites for hydroxylation is 1. The zero-order chi connectivity index (χ0) is 14.7. The first-order chi connectivity index (χ1) is 10.3. The van der Waals surface area contributed by atoms with Gasteiger partial charge in [-0.15, -0.1) is 5.10 Å². The van der Waals surface area contributed by atoms with Crippen molar-refractivity contribution in [1.82, 2.24) is 20.2 Å². The lowest BCUT2D eigenvalue weighted by molar-refractivity contribution is 0.414. The van der Waals surface area contributed by atoms with Crippen LogP contribution in [-0.4, -0.2) is 27.3 Å². The van der Waals surface area contributed by atoms with Gasteiger partial charge in [-0.2, -0.15) is 0 Å². The number of hydrogen-bond acceptors (Lipinski definition) is 5. The highest BCUT2D eigenvalue weighted by atomic mass is 16.5. The normalized spacial score (nSPS) is 15.5. The van der Waals surface area contributed by atoms with Crippen molar-refractivity contribution in [2.24, 2.45) is 5.92 Å². The molecule has 0 unspecified atom stereocenters. The highest BCUT2D eigenvalue weighted by Gasteiger charge is 2.18. The maximum atomic E-state index is 5.80. The first-order valence-corrected chi connectivity index (χ1v) is 7.48. The summed E-state index contributed by atoms with van der Waals surface area (Å²) in [6.07, 6.45) is 6.53. The Bertz CT molecular complexity index is 604. The van der Waals surface area contributed by atoms with Crippen LogP contribution in [-0.2, 0) is 6.54 Å². The van der Waals surface area contributed by atoms with Gasteiger partial charge in [0.2, 0.25) is 0 Å². The molecule has 0 atom stereocenters. The van der Waals surface area contributed by atoms with Crippen molar-refractivity contribution >= 4 is 5.69 Å². The molecule has 2 N–H and O–H groups in total. The Morgan fingerprint density at radius 1 is 1.33 bits per heavy atom. The van der Waals surface area contributed by atoms with Gasteiger partial charge in [-0.3, -0.25) is 0 Å². The van der Waals surface area contributed by atoms with Gasteiger partial charge in [0.25, 0.3) is 0 Å². The molecule has 1 heterocycles. The van der Waals surface area contributed by atoms with Gasteiger partial charge in [-0.1, -0.05) is 25.7 Å². The number of hydrogen-bond donors (Lipinski definition) is 1. The van der Waals surface area contributed by atoms with Gasteiger partial charge < -0.3 is 10.5 Å². The Morgan fingerprint density at radius 3 is 2.90 bits per heavy atom. The molecule has 6 nitrogen and oxygen atoms in total. The maximum Gasteiger partial charge on any atom is 0.185 e. The molecule has 1 aromatic carbocycles. The Kier molecular flexibility index (Phi) is 4.03. The van der Waals surface area contributed by atoms with Crippen LogP contribution in [0.2, 0.25) is 0 Å². The van der Waals surface area contributed by atoms with Crippen LogP contribution >= 0.6 is 0 Å². The van der Waals surface area contributed by atoms with Gasteiger partial charge in [0.05, 0.1) is 12.7 Å². The minimum atomic E-state index is 0.667. The molecule has 0 saturated heterocycles. The van der Waals surface area contributed by atoms with Crippen molar-refractivity contribution in [1.29, 1.82) is 0 Å². The van der Waals surface area contributed by atoms with Gasteiger partial charge in [-0.25, -0.2) is 4.68 Å². The smallest absolute Gasteiger partial charge is 0.185 e. The lowest BCUT2D eigenvalue weighted by Crippen LogP contribution is -2.07. The molecule has 1 aliphatic carbocycles. The average Bonchev–Trinajstić information content (AvgIpc) is 3.16. The number of anilines is 1. The summed E-state index contributed by atoms with van der Waals surface area (Å²) in [5.74, 6) is 2.26. The molecular formula is C15H21N5O. The topological polar surface area (TPSA) is 78.8 Å². The second kappa shape index (κ2) is 6.11. The molecule has 1 fully saturated rings. The molecule has 6 heteroatoms. The first kappa shape index (κ1) is 13.9. The van der Waals surface area contributed by atoms with Crippen LogP contribution < -0.4 is 10.5 Å². The lowest BCUT2D eigenvalue weighted by atomic mass is 10.0. The number of nitrogens with zero attached hydrogens (tertiary/aromatic N) is 4. The number of methoxy groups -OCH3 is 1. The summed E-state index contributed by atoms with van der Waals surface area (Å²) < 4.78 is 7.26. The summed E-state index contributed by atoms with van der Waals surface area (Å²) in [5, 5.41) is 12.1. The van der Waals surface area contributed by atoms with Gasteiger partial charge >= 0.3 is 0 Å². The van der Waals surface area contributed by atoms with E-state index in [9.17, 15) is 0 Å². The summed E-state index contributed by atoms with van der Waals surface area (Å²) in [6, 6.07) is 5.55. The van der Waals surface area contributed by atoms with Crippen molar-refractivity contribution in [2.45, 2.75) is 38.6 Å². The summed E-state index contributed by atoms with van der Waals surface area (Å²) in [5.41, 5.74) is 7.34. The van der Waals surface area contributed by atoms with E-state index >= 15 is 0 Å². The van der Waals surface area contributed by atoms with E-state index in [0.29, 0.717) is 11.4 Å². The van der Waals surface area contributed by atoms with Crippen molar-refractivity contribution in [2.75, 3.05) is 12.8 Å². The van der Waals surface area contributed by atoms with Crippen molar-refractivity contribution < 1.29 is 4.74 Å². The Morgan fingerprint density at radius 2 is 2.14 bits per heavy atom. The number of aromatic nitrogens is 4. The predicted octanol–water partition coefficient (Wildman–Crippen LogP) is 2.51. The number of nitrogen functional groups attached to an aromatic ring is 1. The number of tetrazole rings is 1. The highest BCUT2D eigenvalue weighted by Crippen LogP contribution is 2.31. The quantitative estimate of drug-likeness (QED) is 0.855. The molecule has 0 radical (unpaired) electrons. The van der Waals surface area contributed by atoms with E-state index in [0.717, 1.165) is 30.3 Å². The van der Waals surface area contributed by atoms with E-state index in [1.54, 1.807) is 13.2 Å². The molecule has 1 aromatic heterocycles. The van der Waals surface area contributed by atoms with Crippen LogP contribution in [0.15, 0.2) is 18.2 Å². The van der Waals surface area contributed by atoms with Crippen molar-refractivity contribution in [3.63, 3.8) is 0 Å². The Hall–Kier alpha value is -2.11. The van der Waals surface area contributed by atoms with Crippen LogP contribution in [0, 0.1) is 5.92 Å². The van der Waals surface area contributed by atoms with Crippen LogP contribution in [0.1, 0.15) is 32.1 Å². The number of ether oxygens (including phenoxy) is 1. The molecule has 1 aliphatic rings. The lowest BCUT2D eigenvalue weighted by Gasteiger charge is -2.11. The minimum absolute atomic E-state index is 0.667. The fourth-order valence-corrected chi connectivity index (χ4v) is 3.04. The second-order valence-electron chi connectivity index (χ2n) is 5.62. The van der Waals surface area contributed by atoms with Crippen LogP contribution in [0.25, 0.3) is 11.4 Å². The van der Waals surface area contributed by atoms with Gasteiger partial charge in [0, 0.05) is 18.3 Å². The van der Waals surface area contributed by atoms with Gasteiger partial charge in [0.15, 0.2) is 5.82 Å². The molecule has 0 spiro atoms. The van der Waals surface area contributed by atoms with E-state index in [1.165, 1.54) is 25.7 Å². The first-order valence-electron chi connectivity index (χ1n) is 7.48. The standard InChI is InChI=1S/C15H21N5O/c1-21-14-10-12(16)6-7-13(14)15-17-18-19-20(15)9-8-11-4-2-3-5-11/h6-7,10-11H,2-5,8-9,16H2,1H3. The zero-order valence-corrected chi connectivity index (χ0v) is 12.3. The van der Waals surface area contributed by atoms with E-state index in [-0.39, 0.29) is 0 Å². The number of nitrogens with two attached hydrogens (primary N) is 1. The largest absolute Gasteiger partial charge is 0.496 e.